The third-order valence-corrected chi connectivity index (χ3v) is 2.86. The summed E-state index contributed by atoms with van der Waals surface area (Å²) >= 11 is 0. The van der Waals surface area contributed by atoms with Crippen LogP contribution in [0.4, 0.5) is 5.95 Å². The maximum absolute atomic E-state index is 4.49. The largest absolute Gasteiger partial charge is 0.351 e. The fraction of sp³-hybridized carbons (Fsp3) is 0.692. The predicted molar refractivity (Wildman–Crippen MR) is 70.0 cm³/mol. The summed E-state index contributed by atoms with van der Waals surface area (Å²) in [6, 6.07) is 0.610. The highest BCUT2D eigenvalue weighted by Crippen LogP contribution is 2.22. The van der Waals surface area contributed by atoms with Crippen LogP contribution < -0.4 is 10.6 Å². The van der Waals surface area contributed by atoms with E-state index in [0.29, 0.717) is 12.0 Å². The minimum Gasteiger partial charge on any atom is -0.351 e. The molecule has 4 nitrogen and oxygen atoms in total. The van der Waals surface area contributed by atoms with Crippen LogP contribution in [0.3, 0.4) is 0 Å². The topological polar surface area (TPSA) is 49.8 Å². The normalized spacial score (nSPS) is 15.3. The van der Waals surface area contributed by atoms with Crippen LogP contribution in [0.1, 0.15) is 37.9 Å². The van der Waals surface area contributed by atoms with Crippen molar-refractivity contribution in [1.82, 2.24) is 15.3 Å². The molecule has 1 saturated carbocycles. The molecular weight excluding hydrogens is 212 g/mol. The smallest absolute Gasteiger partial charge is 0.223 e. The number of aromatic nitrogens is 2. The van der Waals surface area contributed by atoms with Gasteiger partial charge in [0, 0.05) is 30.0 Å². The van der Waals surface area contributed by atoms with Crippen molar-refractivity contribution in [3.05, 3.63) is 17.5 Å². The van der Waals surface area contributed by atoms with Gasteiger partial charge in [-0.3, -0.25) is 0 Å². The van der Waals surface area contributed by atoms with Crippen molar-refractivity contribution < 1.29 is 0 Å². The van der Waals surface area contributed by atoms with Crippen molar-refractivity contribution in [3.63, 3.8) is 0 Å². The van der Waals surface area contributed by atoms with Crippen molar-refractivity contribution in [2.24, 2.45) is 5.92 Å². The van der Waals surface area contributed by atoms with Gasteiger partial charge < -0.3 is 10.6 Å². The maximum Gasteiger partial charge on any atom is 0.223 e. The van der Waals surface area contributed by atoms with Gasteiger partial charge in [-0.2, -0.15) is 0 Å². The highest BCUT2D eigenvalue weighted by Gasteiger charge is 2.21. The van der Waals surface area contributed by atoms with Crippen LogP contribution in [0.15, 0.2) is 6.20 Å². The zero-order valence-corrected chi connectivity index (χ0v) is 11.0. The molecule has 0 spiro atoms. The van der Waals surface area contributed by atoms with E-state index in [0.717, 1.165) is 24.7 Å². The van der Waals surface area contributed by atoms with Gasteiger partial charge >= 0.3 is 0 Å². The van der Waals surface area contributed by atoms with E-state index in [9.17, 15) is 0 Å². The van der Waals surface area contributed by atoms with Crippen molar-refractivity contribution in [2.75, 3.05) is 11.9 Å². The fourth-order valence-electron chi connectivity index (χ4n) is 1.64. The third-order valence-electron chi connectivity index (χ3n) is 2.86. The quantitative estimate of drug-likeness (QED) is 0.791. The van der Waals surface area contributed by atoms with E-state index >= 15 is 0 Å². The minimum absolute atomic E-state index is 0.610. The zero-order chi connectivity index (χ0) is 12.3. The Bertz CT molecular complexity index is 372. The van der Waals surface area contributed by atoms with E-state index in [1.165, 1.54) is 18.4 Å². The predicted octanol–water partition coefficient (Wildman–Crippen LogP) is 2.10. The molecule has 1 aromatic rings. The lowest BCUT2D eigenvalue weighted by Crippen LogP contribution is -2.20. The Labute approximate surface area is 103 Å². The second kappa shape index (κ2) is 5.45. The van der Waals surface area contributed by atoms with Crippen LogP contribution in [0.25, 0.3) is 0 Å². The summed E-state index contributed by atoms with van der Waals surface area (Å²) in [6.45, 7) is 8.35. The van der Waals surface area contributed by atoms with Crippen LogP contribution in [0.2, 0.25) is 0 Å². The summed E-state index contributed by atoms with van der Waals surface area (Å²) in [6.07, 6.45) is 4.43. The van der Waals surface area contributed by atoms with E-state index in [2.05, 4.69) is 34.4 Å². The number of anilines is 1. The van der Waals surface area contributed by atoms with Gasteiger partial charge in [-0.05, 0) is 32.2 Å². The minimum atomic E-state index is 0.610. The number of aryl methyl sites for hydroxylation is 1. The second-order valence-corrected chi connectivity index (χ2v) is 5.25. The molecule has 2 N–H and O–H groups in total. The molecule has 0 saturated heterocycles. The van der Waals surface area contributed by atoms with Crippen LogP contribution in [-0.4, -0.2) is 22.6 Å². The van der Waals surface area contributed by atoms with Gasteiger partial charge in [0.15, 0.2) is 0 Å². The van der Waals surface area contributed by atoms with Crippen molar-refractivity contribution in [3.8, 4) is 0 Å². The Kier molecular flexibility index (Phi) is 3.94. The Morgan fingerprint density at radius 3 is 2.76 bits per heavy atom. The van der Waals surface area contributed by atoms with Gasteiger partial charge in [-0.15, -0.1) is 0 Å². The highest BCUT2D eigenvalue weighted by molar-refractivity contribution is 5.31. The average molecular weight is 234 g/mol. The van der Waals surface area contributed by atoms with E-state index < -0.39 is 0 Å². The average Bonchev–Trinajstić information content (AvgIpc) is 3.05. The lowest BCUT2D eigenvalue weighted by atomic mass is 10.2. The number of nitrogens with one attached hydrogen (secondary N) is 2. The van der Waals surface area contributed by atoms with Gasteiger partial charge in [0.2, 0.25) is 5.95 Å². The van der Waals surface area contributed by atoms with E-state index in [-0.39, 0.29) is 0 Å². The molecule has 2 rings (SSSR count). The first kappa shape index (κ1) is 12.3. The standard InChI is InChI=1S/C13H22N4/c1-9(2)6-14-7-11-8-15-13(16-10(11)3)17-12-4-5-12/h8-9,12,14H,4-7H2,1-3H3,(H,15,16,17). The van der Waals surface area contributed by atoms with Gasteiger partial charge in [-0.1, -0.05) is 13.8 Å². The van der Waals surface area contributed by atoms with Crippen molar-refractivity contribution in [1.29, 1.82) is 0 Å². The van der Waals surface area contributed by atoms with Gasteiger partial charge in [0.05, 0.1) is 0 Å². The first-order valence-corrected chi connectivity index (χ1v) is 6.45. The zero-order valence-electron chi connectivity index (χ0n) is 11.0. The molecule has 0 bridgehead atoms. The second-order valence-electron chi connectivity index (χ2n) is 5.25. The summed E-state index contributed by atoms with van der Waals surface area (Å²) in [5, 5.41) is 6.73. The Hall–Kier alpha value is -1.16. The Morgan fingerprint density at radius 2 is 2.18 bits per heavy atom. The molecule has 4 heteroatoms. The monoisotopic (exact) mass is 234 g/mol. The molecule has 0 amide bonds. The van der Waals surface area contributed by atoms with Gasteiger partial charge in [0.25, 0.3) is 0 Å². The number of nitrogens with zero attached hydrogens (tertiary/aromatic N) is 2. The van der Waals surface area contributed by atoms with Crippen LogP contribution in [-0.2, 0) is 6.54 Å². The van der Waals surface area contributed by atoms with Gasteiger partial charge in [0.1, 0.15) is 0 Å². The lowest BCUT2D eigenvalue weighted by molar-refractivity contribution is 0.550. The summed E-state index contributed by atoms with van der Waals surface area (Å²) < 4.78 is 0. The van der Waals surface area contributed by atoms with Crippen molar-refractivity contribution in [2.45, 2.75) is 46.2 Å². The van der Waals surface area contributed by atoms with E-state index in [1.54, 1.807) is 0 Å². The fourth-order valence-corrected chi connectivity index (χ4v) is 1.64. The first-order chi connectivity index (χ1) is 8.15. The molecule has 1 aliphatic rings. The highest BCUT2D eigenvalue weighted by atomic mass is 15.1. The van der Waals surface area contributed by atoms with Gasteiger partial charge in [-0.25, -0.2) is 9.97 Å². The van der Waals surface area contributed by atoms with E-state index in [1.807, 2.05) is 13.1 Å². The maximum atomic E-state index is 4.49. The molecule has 0 aromatic carbocycles. The number of hydrogen-bond acceptors (Lipinski definition) is 4. The molecule has 0 radical (unpaired) electrons. The Balaban J connectivity index is 1.88. The Morgan fingerprint density at radius 1 is 1.41 bits per heavy atom. The summed E-state index contributed by atoms with van der Waals surface area (Å²) in [7, 11) is 0. The molecule has 0 unspecified atom stereocenters. The molecule has 1 fully saturated rings. The molecule has 94 valence electrons. The molecule has 0 aliphatic heterocycles. The van der Waals surface area contributed by atoms with Crippen LogP contribution >= 0.6 is 0 Å². The SMILES string of the molecule is Cc1nc(NC2CC2)ncc1CNCC(C)C. The lowest BCUT2D eigenvalue weighted by Gasteiger charge is -2.10. The molecule has 1 aromatic heterocycles. The van der Waals surface area contributed by atoms with Crippen LogP contribution in [0.5, 0.6) is 0 Å². The van der Waals surface area contributed by atoms with Crippen molar-refractivity contribution >= 4 is 5.95 Å². The van der Waals surface area contributed by atoms with Crippen LogP contribution in [0, 0.1) is 12.8 Å². The summed E-state index contributed by atoms with van der Waals surface area (Å²) in [5.74, 6) is 1.45. The molecule has 0 atom stereocenters. The molecule has 1 aliphatic carbocycles. The number of rotatable bonds is 6. The molecular formula is C13H22N4. The summed E-state index contributed by atoms with van der Waals surface area (Å²) in [5.41, 5.74) is 2.26. The van der Waals surface area contributed by atoms with E-state index in [4.69, 9.17) is 0 Å². The molecule has 17 heavy (non-hydrogen) atoms. The molecule has 1 heterocycles. The third kappa shape index (κ3) is 3.97. The summed E-state index contributed by atoms with van der Waals surface area (Å²) in [4.78, 5) is 8.84. The number of hydrogen-bond donors (Lipinski definition) is 2. The first-order valence-electron chi connectivity index (χ1n) is 6.45.